The summed E-state index contributed by atoms with van der Waals surface area (Å²) >= 11 is 2.10. The van der Waals surface area contributed by atoms with Gasteiger partial charge in [-0.3, -0.25) is 4.98 Å². The van der Waals surface area contributed by atoms with Gasteiger partial charge in [0.15, 0.2) is 0 Å². The van der Waals surface area contributed by atoms with Crippen LogP contribution in [0.4, 0.5) is 0 Å². The number of aromatic nitrogens is 1. The molecule has 2 heterocycles. The molecule has 2 rings (SSSR count). The summed E-state index contributed by atoms with van der Waals surface area (Å²) in [5.74, 6) is 1.34. The van der Waals surface area contributed by atoms with Crippen LogP contribution in [0, 0.1) is 6.92 Å². The molecule has 1 unspecified atom stereocenters. The summed E-state index contributed by atoms with van der Waals surface area (Å²) in [5, 5.41) is 4.33. The van der Waals surface area contributed by atoms with Crippen LogP contribution in [0.3, 0.4) is 0 Å². The van der Waals surface area contributed by atoms with Gasteiger partial charge in [-0.2, -0.15) is 11.8 Å². The second kappa shape index (κ2) is 5.52. The van der Waals surface area contributed by atoms with Crippen molar-refractivity contribution >= 4 is 11.8 Å². The van der Waals surface area contributed by atoms with Crippen LogP contribution in [0.5, 0.6) is 0 Å². The molecule has 1 aliphatic heterocycles. The Balaban J connectivity index is 1.75. The van der Waals surface area contributed by atoms with Gasteiger partial charge in [0, 0.05) is 24.5 Å². The summed E-state index contributed by atoms with van der Waals surface area (Å²) in [6, 6.07) is 4.11. The van der Waals surface area contributed by atoms with Crippen molar-refractivity contribution in [1.29, 1.82) is 0 Å². The third kappa shape index (κ3) is 3.21. The molecule has 1 aromatic heterocycles. The first-order chi connectivity index (χ1) is 7.36. The van der Waals surface area contributed by atoms with E-state index in [4.69, 9.17) is 0 Å². The quantitative estimate of drug-likeness (QED) is 0.846. The molecule has 0 amide bonds. The standard InChI is InChI=1S/C12H18N2S/c1-10-4-2-6-14-12(10)9-13-8-11-5-3-7-15-11/h2,4,6,11,13H,3,5,7-9H2,1H3. The zero-order chi connectivity index (χ0) is 10.5. The lowest BCUT2D eigenvalue weighted by molar-refractivity contribution is 0.636. The van der Waals surface area contributed by atoms with Crippen LogP contribution in [0.1, 0.15) is 24.1 Å². The SMILES string of the molecule is Cc1cccnc1CNCC1CCCS1. The summed E-state index contributed by atoms with van der Waals surface area (Å²) in [5.41, 5.74) is 2.46. The van der Waals surface area contributed by atoms with Crippen LogP contribution in [-0.2, 0) is 6.54 Å². The average molecular weight is 222 g/mol. The Bertz CT molecular complexity index is 308. The lowest BCUT2D eigenvalue weighted by atomic mass is 10.2. The predicted molar refractivity (Wildman–Crippen MR) is 66.2 cm³/mol. The Kier molecular flexibility index (Phi) is 4.03. The first-order valence-electron chi connectivity index (χ1n) is 5.59. The minimum absolute atomic E-state index is 0.828. The van der Waals surface area contributed by atoms with E-state index in [0.29, 0.717) is 0 Å². The van der Waals surface area contributed by atoms with E-state index >= 15 is 0 Å². The van der Waals surface area contributed by atoms with Gasteiger partial charge in [0.1, 0.15) is 0 Å². The van der Waals surface area contributed by atoms with E-state index in [2.05, 4.69) is 35.1 Å². The highest BCUT2D eigenvalue weighted by Gasteiger charge is 2.14. The van der Waals surface area contributed by atoms with E-state index < -0.39 is 0 Å². The van der Waals surface area contributed by atoms with E-state index in [0.717, 1.165) is 18.3 Å². The fraction of sp³-hybridized carbons (Fsp3) is 0.583. The molecule has 2 nitrogen and oxygen atoms in total. The topological polar surface area (TPSA) is 24.9 Å². The highest BCUT2D eigenvalue weighted by Crippen LogP contribution is 2.25. The summed E-state index contributed by atoms with van der Waals surface area (Å²) in [4.78, 5) is 4.37. The number of hydrogen-bond donors (Lipinski definition) is 1. The van der Waals surface area contributed by atoms with Crippen molar-refractivity contribution in [2.75, 3.05) is 12.3 Å². The summed E-state index contributed by atoms with van der Waals surface area (Å²) < 4.78 is 0. The van der Waals surface area contributed by atoms with Crippen LogP contribution in [-0.4, -0.2) is 22.5 Å². The van der Waals surface area contributed by atoms with Gasteiger partial charge in [-0.05, 0) is 37.1 Å². The first kappa shape index (κ1) is 11.0. The number of nitrogens with one attached hydrogen (secondary N) is 1. The van der Waals surface area contributed by atoms with Crippen LogP contribution in [0.15, 0.2) is 18.3 Å². The van der Waals surface area contributed by atoms with E-state index in [1.807, 2.05) is 12.3 Å². The monoisotopic (exact) mass is 222 g/mol. The molecule has 0 saturated carbocycles. The molecule has 3 heteroatoms. The molecule has 0 aromatic carbocycles. The van der Waals surface area contributed by atoms with Gasteiger partial charge in [-0.25, -0.2) is 0 Å². The van der Waals surface area contributed by atoms with Gasteiger partial charge in [-0.15, -0.1) is 0 Å². The molecule has 1 aromatic rings. The van der Waals surface area contributed by atoms with Crippen molar-refractivity contribution < 1.29 is 0 Å². The van der Waals surface area contributed by atoms with Gasteiger partial charge >= 0.3 is 0 Å². The van der Waals surface area contributed by atoms with Gasteiger partial charge in [0.05, 0.1) is 5.69 Å². The number of hydrogen-bond acceptors (Lipinski definition) is 3. The minimum Gasteiger partial charge on any atom is -0.310 e. The molecule has 0 radical (unpaired) electrons. The lowest BCUT2D eigenvalue weighted by Crippen LogP contribution is -2.23. The predicted octanol–water partition coefficient (Wildman–Crippen LogP) is 2.38. The summed E-state index contributed by atoms with van der Waals surface area (Å²) in [7, 11) is 0. The number of thioether (sulfide) groups is 1. The van der Waals surface area contributed by atoms with Crippen LogP contribution < -0.4 is 5.32 Å². The van der Waals surface area contributed by atoms with Crippen LogP contribution in [0.2, 0.25) is 0 Å². The molecule has 1 aliphatic rings. The number of aryl methyl sites for hydroxylation is 1. The van der Waals surface area contributed by atoms with E-state index in [1.54, 1.807) is 0 Å². The lowest BCUT2D eigenvalue weighted by Gasteiger charge is -2.10. The van der Waals surface area contributed by atoms with Crippen molar-refractivity contribution in [3.8, 4) is 0 Å². The maximum atomic E-state index is 4.37. The largest absolute Gasteiger partial charge is 0.310 e. The maximum absolute atomic E-state index is 4.37. The van der Waals surface area contributed by atoms with Crippen molar-refractivity contribution in [3.63, 3.8) is 0 Å². The van der Waals surface area contributed by atoms with Crippen molar-refractivity contribution in [2.45, 2.75) is 31.6 Å². The number of nitrogens with zero attached hydrogens (tertiary/aromatic N) is 1. The second-order valence-corrected chi connectivity index (χ2v) is 5.44. The Morgan fingerprint density at radius 1 is 1.60 bits per heavy atom. The molecular weight excluding hydrogens is 204 g/mol. The molecule has 0 aliphatic carbocycles. The third-order valence-corrected chi connectivity index (χ3v) is 4.20. The van der Waals surface area contributed by atoms with E-state index in [9.17, 15) is 0 Å². The molecule has 1 atom stereocenters. The average Bonchev–Trinajstić information content (AvgIpc) is 2.74. The van der Waals surface area contributed by atoms with Gasteiger partial charge in [0.25, 0.3) is 0 Å². The highest BCUT2D eigenvalue weighted by atomic mass is 32.2. The zero-order valence-corrected chi connectivity index (χ0v) is 10.0. The zero-order valence-electron chi connectivity index (χ0n) is 9.20. The van der Waals surface area contributed by atoms with Crippen LogP contribution in [0.25, 0.3) is 0 Å². The number of pyridine rings is 1. The summed E-state index contributed by atoms with van der Waals surface area (Å²) in [6.45, 7) is 4.15. The summed E-state index contributed by atoms with van der Waals surface area (Å²) in [6.07, 6.45) is 4.63. The van der Waals surface area contributed by atoms with E-state index in [1.165, 1.54) is 29.9 Å². The van der Waals surface area contributed by atoms with Gasteiger partial charge in [0.2, 0.25) is 0 Å². The molecule has 1 fully saturated rings. The molecule has 1 saturated heterocycles. The number of rotatable bonds is 4. The van der Waals surface area contributed by atoms with Crippen LogP contribution >= 0.6 is 11.8 Å². The third-order valence-electron chi connectivity index (χ3n) is 2.81. The molecule has 15 heavy (non-hydrogen) atoms. The Morgan fingerprint density at radius 3 is 3.27 bits per heavy atom. The molecule has 0 bridgehead atoms. The Hall–Kier alpha value is -0.540. The van der Waals surface area contributed by atoms with E-state index in [-0.39, 0.29) is 0 Å². The fourth-order valence-corrected chi connectivity index (χ4v) is 3.10. The normalized spacial score (nSPS) is 20.7. The first-order valence-corrected chi connectivity index (χ1v) is 6.64. The van der Waals surface area contributed by atoms with Crippen molar-refractivity contribution in [1.82, 2.24) is 10.3 Å². The Labute approximate surface area is 95.9 Å². The molecule has 82 valence electrons. The minimum atomic E-state index is 0.828. The van der Waals surface area contributed by atoms with Crippen molar-refractivity contribution in [3.05, 3.63) is 29.6 Å². The van der Waals surface area contributed by atoms with Crippen molar-refractivity contribution in [2.24, 2.45) is 0 Å². The smallest absolute Gasteiger partial charge is 0.0570 e. The molecular formula is C12H18N2S. The second-order valence-electron chi connectivity index (χ2n) is 4.03. The Morgan fingerprint density at radius 2 is 2.53 bits per heavy atom. The highest BCUT2D eigenvalue weighted by molar-refractivity contribution is 8.00. The molecule has 1 N–H and O–H groups in total. The fourth-order valence-electron chi connectivity index (χ4n) is 1.86. The van der Waals surface area contributed by atoms with Gasteiger partial charge < -0.3 is 5.32 Å². The van der Waals surface area contributed by atoms with Gasteiger partial charge in [-0.1, -0.05) is 6.07 Å². The molecule has 0 spiro atoms. The maximum Gasteiger partial charge on any atom is 0.0570 e.